The van der Waals surface area contributed by atoms with E-state index >= 15 is 0 Å². The average Bonchev–Trinajstić information content (AvgIpc) is 3.45. The summed E-state index contributed by atoms with van der Waals surface area (Å²) in [5.74, 6) is -0.147. The van der Waals surface area contributed by atoms with Crippen LogP contribution in [-0.2, 0) is 21.2 Å². The number of cyclic esters (lactones) is 1. The Morgan fingerprint density at radius 3 is 2.34 bits per heavy atom. The summed E-state index contributed by atoms with van der Waals surface area (Å²) >= 11 is 0. The average molecular weight is 456 g/mol. The Hall–Kier alpha value is -2.91. The molecule has 2 aromatic rings. The molecule has 0 atom stereocenters. The molecule has 0 spiro atoms. The summed E-state index contributed by atoms with van der Waals surface area (Å²) in [6.45, 7) is 2.49. The number of benzene rings is 2. The van der Waals surface area contributed by atoms with Crippen molar-refractivity contribution in [1.82, 2.24) is 4.31 Å². The van der Waals surface area contributed by atoms with Gasteiger partial charge < -0.3 is 9.64 Å². The molecule has 0 saturated carbocycles. The number of hydrogen-bond donors (Lipinski definition) is 0. The highest BCUT2D eigenvalue weighted by Gasteiger charge is 2.31. The van der Waals surface area contributed by atoms with Crippen molar-refractivity contribution in [1.29, 1.82) is 0 Å². The zero-order valence-corrected chi connectivity index (χ0v) is 18.5. The second-order valence-corrected chi connectivity index (χ2v) is 10.2. The molecule has 2 amide bonds. The molecule has 32 heavy (non-hydrogen) atoms. The summed E-state index contributed by atoms with van der Waals surface area (Å²) in [5.41, 5.74) is 2.82. The molecule has 0 radical (unpaired) electrons. The van der Waals surface area contributed by atoms with Crippen LogP contribution in [0.1, 0.15) is 35.2 Å². The Morgan fingerprint density at radius 1 is 0.906 bits per heavy atom. The molecule has 8 nitrogen and oxygen atoms in total. The van der Waals surface area contributed by atoms with Gasteiger partial charge in [-0.1, -0.05) is 6.42 Å². The molecule has 2 aromatic carbocycles. The molecular formula is C23H25N3O5S. The largest absolute Gasteiger partial charge is 0.447 e. The molecule has 0 N–H and O–H groups in total. The van der Waals surface area contributed by atoms with Crippen molar-refractivity contribution in [2.75, 3.05) is 42.6 Å². The second kappa shape index (κ2) is 8.22. The van der Waals surface area contributed by atoms with Crippen LogP contribution in [0.2, 0.25) is 0 Å². The number of anilines is 2. The molecule has 3 aliphatic rings. The first-order valence-corrected chi connectivity index (χ1v) is 12.4. The first-order valence-electron chi connectivity index (χ1n) is 10.9. The highest BCUT2D eigenvalue weighted by Crippen LogP contribution is 2.33. The molecule has 5 rings (SSSR count). The molecule has 0 bridgehead atoms. The molecule has 9 heteroatoms. The molecule has 0 unspecified atom stereocenters. The van der Waals surface area contributed by atoms with Crippen molar-refractivity contribution < 1.29 is 22.7 Å². The van der Waals surface area contributed by atoms with Gasteiger partial charge in [0.25, 0.3) is 5.91 Å². The van der Waals surface area contributed by atoms with Gasteiger partial charge >= 0.3 is 6.09 Å². The number of carbonyl (C=O) groups is 2. The number of piperidine rings is 1. The van der Waals surface area contributed by atoms with Gasteiger partial charge in [0, 0.05) is 36.6 Å². The van der Waals surface area contributed by atoms with Gasteiger partial charge in [-0.3, -0.25) is 9.69 Å². The van der Waals surface area contributed by atoms with E-state index in [2.05, 4.69) is 0 Å². The van der Waals surface area contributed by atoms with Gasteiger partial charge in [-0.2, -0.15) is 4.31 Å². The number of hydrogen-bond acceptors (Lipinski definition) is 5. The molecule has 3 heterocycles. The maximum atomic E-state index is 13.1. The lowest BCUT2D eigenvalue weighted by molar-refractivity contribution is 0.0989. The fourth-order valence-electron chi connectivity index (χ4n) is 4.57. The summed E-state index contributed by atoms with van der Waals surface area (Å²) in [6, 6.07) is 12.0. The summed E-state index contributed by atoms with van der Waals surface area (Å²) in [6.07, 6.45) is 3.08. The monoisotopic (exact) mass is 455 g/mol. The molecule has 168 valence electrons. The summed E-state index contributed by atoms with van der Waals surface area (Å²) < 4.78 is 32.5. The van der Waals surface area contributed by atoms with Crippen molar-refractivity contribution in [2.45, 2.75) is 30.6 Å². The van der Waals surface area contributed by atoms with E-state index in [9.17, 15) is 18.0 Å². The molecule has 0 aliphatic carbocycles. The predicted octanol–water partition coefficient (Wildman–Crippen LogP) is 3.02. The van der Waals surface area contributed by atoms with Crippen molar-refractivity contribution in [2.24, 2.45) is 0 Å². The molecule has 0 aromatic heterocycles. The first kappa shape index (κ1) is 21.0. The zero-order chi connectivity index (χ0) is 22.3. The summed E-state index contributed by atoms with van der Waals surface area (Å²) in [4.78, 5) is 28.4. The summed E-state index contributed by atoms with van der Waals surface area (Å²) in [7, 11) is -3.50. The van der Waals surface area contributed by atoms with E-state index < -0.39 is 10.0 Å². The van der Waals surface area contributed by atoms with Gasteiger partial charge in [-0.15, -0.1) is 0 Å². The van der Waals surface area contributed by atoms with Gasteiger partial charge in [-0.05, 0) is 67.3 Å². The maximum absolute atomic E-state index is 13.1. The van der Waals surface area contributed by atoms with Crippen LogP contribution in [0.15, 0.2) is 47.4 Å². The smallest absolute Gasteiger partial charge is 0.414 e. The lowest BCUT2D eigenvalue weighted by Crippen LogP contribution is -2.35. The lowest BCUT2D eigenvalue weighted by atomic mass is 10.1. The standard InChI is InChI=1S/C23H25N3O5S/c27-22(17-4-6-19(7-5-17)25-14-15-31-23(25)28)26-13-10-18-16-20(8-9-21(18)26)32(29,30)24-11-2-1-3-12-24/h4-9,16H,1-3,10-15H2. The Balaban J connectivity index is 1.35. The Bertz CT molecular complexity index is 1160. The third-order valence-electron chi connectivity index (χ3n) is 6.33. The number of ether oxygens (including phenoxy) is 1. The molecular weight excluding hydrogens is 430 g/mol. The lowest BCUT2D eigenvalue weighted by Gasteiger charge is -2.26. The van der Waals surface area contributed by atoms with E-state index in [4.69, 9.17) is 4.74 Å². The quantitative estimate of drug-likeness (QED) is 0.707. The normalized spacial score (nSPS) is 19.2. The minimum Gasteiger partial charge on any atom is -0.447 e. The highest BCUT2D eigenvalue weighted by atomic mass is 32.2. The number of fused-ring (bicyclic) bond motifs is 1. The second-order valence-electron chi connectivity index (χ2n) is 8.27. The van der Waals surface area contributed by atoms with Crippen LogP contribution in [-0.4, -0.2) is 57.5 Å². The number of carbonyl (C=O) groups excluding carboxylic acids is 2. The fraction of sp³-hybridized carbons (Fsp3) is 0.391. The van der Waals surface area contributed by atoms with Crippen LogP contribution in [0.4, 0.5) is 16.2 Å². The van der Waals surface area contributed by atoms with E-state index in [1.165, 1.54) is 4.90 Å². The van der Waals surface area contributed by atoms with Gasteiger partial charge in [0.05, 0.1) is 11.4 Å². The Morgan fingerprint density at radius 2 is 1.66 bits per heavy atom. The number of amides is 2. The first-order chi connectivity index (χ1) is 15.4. The number of nitrogens with zero attached hydrogens (tertiary/aromatic N) is 3. The van der Waals surface area contributed by atoms with Gasteiger partial charge in [0.2, 0.25) is 10.0 Å². The number of sulfonamides is 1. The topological polar surface area (TPSA) is 87.2 Å². The molecule has 2 saturated heterocycles. The van der Waals surface area contributed by atoms with Crippen LogP contribution in [0.25, 0.3) is 0 Å². The van der Waals surface area contributed by atoms with Crippen molar-refractivity contribution in [3.63, 3.8) is 0 Å². The highest BCUT2D eigenvalue weighted by molar-refractivity contribution is 7.89. The van der Waals surface area contributed by atoms with Crippen LogP contribution in [0.3, 0.4) is 0 Å². The van der Waals surface area contributed by atoms with Crippen LogP contribution in [0.5, 0.6) is 0 Å². The SMILES string of the molecule is O=C1OCCN1c1ccc(C(=O)N2CCc3cc(S(=O)(=O)N4CCCCC4)ccc32)cc1. The van der Waals surface area contributed by atoms with Crippen LogP contribution in [0, 0.1) is 0 Å². The van der Waals surface area contributed by atoms with Gasteiger partial charge in [0.15, 0.2) is 0 Å². The predicted molar refractivity (Wildman–Crippen MR) is 120 cm³/mol. The molecule has 2 fully saturated rings. The van der Waals surface area contributed by atoms with Gasteiger partial charge in [0.1, 0.15) is 6.61 Å². The summed E-state index contributed by atoms with van der Waals surface area (Å²) in [5, 5.41) is 0. The van der Waals surface area contributed by atoms with Crippen molar-refractivity contribution >= 4 is 33.4 Å². The van der Waals surface area contributed by atoms with E-state index in [0.717, 1.165) is 30.5 Å². The Labute approximate surface area is 187 Å². The van der Waals surface area contributed by atoms with E-state index in [-0.39, 0.29) is 12.0 Å². The van der Waals surface area contributed by atoms with E-state index in [1.807, 2.05) is 0 Å². The van der Waals surface area contributed by atoms with Gasteiger partial charge in [-0.25, -0.2) is 13.2 Å². The van der Waals surface area contributed by atoms with E-state index in [0.29, 0.717) is 55.4 Å². The number of rotatable bonds is 4. The Kier molecular flexibility index (Phi) is 5.38. The third-order valence-corrected chi connectivity index (χ3v) is 8.23. The molecule has 3 aliphatic heterocycles. The van der Waals surface area contributed by atoms with Crippen molar-refractivity contribution in [3.05, 3.63) is 53.6 Å². The zero-order valence-electron chi connectivity index (χ0n) is 17.7. The van der Waals surface area contributed by atoms with Crippen molar-refractivity contribution in [3.8, 4) is 0 Å². The minimum atomic E-state index is -3.50. The van der Waals surface area contributed by atoms with Crippen LogP contribution < -0.4 is 9.80 Å². The minimum absolute atomic E-state index is 0.147. The third kappa shape index (κ3) is 3.65. The maximum Gasteiger partial charge on any atom is 0.414 e. The van der Waals surface area contributed by atoms with E-state index in [1.54, 1.807) is 51.7 Å². The van der Waals surface area contributed by atoms with Crippen LogP contribution >= 0.6 is 0 Å². The fourth-order valence-corrected chi connectivity index (χ4v) is 6.14.